The number of hydrogen-bond acceptors (Lipinski definition) is 7. The summed E-state index contributed by atoms with van der Waals surface area (Å²) < 4.78 is 6.19. The van der Waals surface area contributed by atoms with Gasteiger partial charge in [-0.2, -0.15) is 4.68 Å². The van der Waals surface area contributed by atoms with Crippen LogP contribution in [0.25, 0.3) is 0 Å². The predicted molar refractivity (Wildman–Crippen MR) is 91.2 cm³/mol. The average Bonchev–Trinajstić information content (AvgIpc) is 2.97. The Hall–Kier alpha value is -3.50. The van der Waals surface area contributed by atoms with Crippen molar-refractivity contribution in [3.63, 3.8) is 0 Å². The number of nitro benzene ring substituents is 1. The standard InChI is InChI=1S/C15H17N5O6/c1-4-12(18-9(2)7-14(17-18)20(24)25)15(21)16-11-6-5-10(26-3)8-13(11)19(22)23/h5-8,12H,4H2,1-3H3,(H,16,21). The van der Waals surface area contributed by atoms with Crippen LogP contribution in [-0.4, -0.2) is 32.6 Å². The molecule has 138 valence electrons. The Morgan fingerprint density at radius 2 is 2.00 bits per heavy atom. The monoisotopic (exact) mass is 363 g/mol. The van der Waals surface area contributed by atoms with Crippen LogP contribution in [0.2, 0.25) is 0 Å². The highest BCUT2D eigenvalue weighted by Gasteiger charge is 2.28. The SMILES string of the molecule is CCC(C(=O)Nc1ccc(OC)cc1[N+](=O)[O-])n1nc([N+](=O)[O-])cc1C. The fraction of sp³-hybridized carbons (Fsp3) is 0.333. The number of nitrogens with zero attached hydrogens (tertiary/aromatic N) is 4. The fourth-order valence-electron chi connectivity index (χ4n) is 2.46. The second kappa shape index (κ2) is 7.59. The fourth-order valence-corrected chi connectivity index (χ4v) is 2.46. The molecule has 0 saturated heterocycles. The molecule has 1 atom stereocenters. The van der Waals surface area contributed by atoms with Crippen LogP contribution in [0.1, 0.15) is 25.1 Å². The van der Waals surface area contributed by atoms with Crippen molar-refractivity contribution in [2.75, 3.05) is 12.4 Å². The van der Waals surface area contributed by atoms with Gasteiger partial charge in [0.1, 0.15) is 11.4 Å². The number of hydrogen-bond donors (Lipinski definition) is 1. The molecule has 0 radical (unpaired) electrons. The molecule has 0 aliphatic rings. The summed E-state index contributed by atoms with van der Waals surface area (Å²) in [6, 6.07) is 4.44. The first-order chi connectivity index (χ1) is 12.3. The highest BCUT2D eigenvalue weighted by atomic mass is 16.6. The smallest absolute Gasteiger partial charge is 0.390 e. The largest absolute Gasteiger partial charge is 0.496 e. The Bertz CT molecular complexity index is 862. The van der Waals surface area contributed by atoms with E-state index in [1.807, 2.05) is 0 Å². The number of carbonyl (C=O) groups excluding carboxylic acids is 1. The van der Waals surface area contributed by atoms with Crippen molar-refractivity contribution in [1.82, 2.24) is 9.78 Å². The number of rotatable bonds is 7. The van der Waals surface area contributed by atoms with Crippen molar-refractivity contribution in [2.45, 2.75) is 26.3 Å². The third-order valence-electron chi connectivity index (χ3n) is 3.74. The first kappa shape index (κ1) is 18.8. The summed E-state index contributed by atoms with van der Waals surface area (Å²) in [4.78, 5) is 33.4. The maximum atomic E-state index is 12.6. The van der Waals surface area contributed by atoms with Crippen LogP contribution in [0.4, 0.5) is 17.2 Å². The van der Waals surface area contributed by atoms with Crippen molar-refractivity contribution >= 4 is 23.1 Å². The second-order valence-electron chi connectivity index (χ2n) is 5.40. The van der Waals surface area contributed by atoms with Crippen LogP contribution in [0.3, 0.4) is 0 Å². The van der Waals surface area contributed by atoms with Crippen LogP contribution in [0, 0.1) is 27.2 Å². The average molecular weight is 363 g/mol. The van der Waals surface area contributed by atoms with E-state index in [-0.39, 0.29) is 29.4 Å². The van der Waals surface area contributed by atoms with E-state index >= 15 is 0 Å². The molecule has 11 heteroatoms. The lowest BCUT2D eigenvalue weighted by molar-refractivity contribution is -0.389. The van der Waals surface area contributed by atoms with E-state index in [1.54, 1.807) is 13.8 Å². The molecule has 0 aliphatic carbocycles. The highest BCUT2D eigenvalue weighted by Crippen LogP contribution is 2.30. The number of methoxy groups -OCH3 is 1. The summed E-state index contributed by atoms with van der Waals surface area (Å²) in [6.07, 6.45) is 0.287. The number of carbonyl (C=O) groups is 1. The van der Waals surface area contributed by atoms with Crippen LogP contribution < -0.4 is 10.1 Å². The molecule has 1 N–H and O–H groups in total. The Kier molecular flexibility index (Phi) is 5.50. The zero-order valence-electron chi connectivity index (χ0n) is 14.3. The van der Waals surface area contributed by atoms with Crippen molar-refractivity contribution in [1.29, 1.82) is 0 Å². The first-order valence-corrected chi connectivity index (χ1v) is 7.62. The summed E-state index contributed by atoms with van der Waals surface area (Å²) in [5.74, 6) is -0.661. The molecule has 0 saturated carbocycles. The lowest BCUT2D eigenvalue weighted by Gasteiger charge is -2.14. The zero-order valence-corrected chi connectivity index (χ0v) is 14.3. The summed E-state index contributed by atoms with van der Waals surface area (Å²) >= 11 is 0. The Morgan fingerprint density at radius 1 is 1.31 bits per heavy atom. The Balaban J connectivity index is 2.33. The number of nitrogens with one attached hydrogen (secondary N) is 1. The van der Waals surface area contributed by atoms with E-state index in [4.69, 9.17) is 4.74 Å². The van der Waals surface area contributed by atoms with Gasteiger partial charge in [-0.25, -0.2) is 0 Å². The van der Waals surface area contributed by atoms with Gasteiger partial charge in [-0.1, -0.05) is 6.92 Å². The van der Waals surface area contributed by atoms with Crippen molar-refractivity contribution in [3.05, 3.63) is 50.2 Å². The molecular weight excluding hydrogens is 346 g/mol. The predicted octanol–water partition coefficient (Wildman–Crippen LogP) is 2.61. The zero-order chi connectivity index (χ0) is 19.4. The molecule has 2 rings (SSSR count). The normalized spacial score (nSPS) is 11.7. The van der Waals surface area contributed by atoms with E-state index in [1.165, 1.54) is 36.1 Å². The summed E-state index contributed by atoms with van der Waals surface area (Å²) in [5, 5.41) is 28.4. The molecule has 1 aromatic heterocycles. The Labute approximate surface area is 147 Å². The topological polar surface area (TPSA) is 142 Å². The highest BCUT2D eigenvalue weighted by molar-refractivity contribution is 5.95. The van der Waals surface area contributed by atoms with Gasteiger partial charge >= 0.3 is 5.82 Å². The maximum absolute atomic E-state index is 12.6. The number of aromatic nitrogens is 2. The van der Waals surface area contributed by atoms with Gasteiger partial charge in [-0.3, -0.25) is 14.9 Å². The van der Waals surface area contributed by atoms with Gasteiger partial charge in [0.05, 0.1) is 35.0 Å². The molecular formula is C15H17N5O6. The third kappa shape index (κ3) is 3.77. The molecule has 0 spiro atoms. The van der Waals surface area contributed by atoms with Crippen molar-refractivity contribution < 1.29 is 19.4 Å². The van der Waals surface area contributed by atoms with Gasteiger partial charge in [0.15, 0.2) is 6.04 Å². The number of nitro groups is 2. The summed E-state index contributed by atoms with van der Waals surface area (Å²) in [7, 11) is 1.37. The van der Waals surface area contributed by atoms with E-state index in [9.17, 15) is 25.0 Å². The van der Waals surface area contributed by atoms with E-state index in [0.29, 0.717) is 5.69 Å². The number of aryl methyl sites for hydroxylation is 1. The molecule has 26 heavy (non-hydrogen) atoms. The quantitative estimate of drug-likeness (QED) is 0.588. The second-order valence-corrected chi connectivity index (χ2v) is 5.40. The van der Waals surface area contributed by atoms with E-state index < -0.39 is 21.8 Å². The van der Waals surface area contributed by atoms with Crippen LogP contribution >= 0.6 is 0 Å². The minimum atomic E-state index is -0.856. The van der Waals surface area contributed by atoms with Crippen LogP contribution in [-0.2, 0) is 4.79 Å². The molecule has 1 unspecified atom stereocenters. The van der Waals surface area contributed by atoms with Crippen molar-refractivity contribution in [3.8, 4) is 5.75 Å². The van der Waals surface area contributed by atoms with Gasteiger partial charge in [0, 0.05) is 0 Å². The van der Waals surface area contributed by atoms with Gasteiger partial charge in [0.2, 0.25) is 0 Å². The molecule has 1 aromatic carbocycles. The van der Waals surface area contributed by atoms with Crippen molar-refractivity contribution in [2.24, 2.45) is 0 Å². The number of anilines is 1. The third-order valence-corrected chi connectivity index (χ3v) is 3.74. The maximum Gasteiger partial charge on any atom is 0.390 e. The molecule has 0 aliphatic heterocycles. The van der Waals surface area contributed by atoms with Gasteiger partial charge in [-0.15, -0.1) is 0 Å². The lowest BCUT2D eigenvalue weighted by atomic mass is 10.2. The van der Waals surface area contributed by atoms with Crippen LogP contribution in [0.15, 0.2) is 24.3 Å². The number of benzene rings is 1. The minimum absolute atomic E-state index is 0.00133. The lowest BCUT2D eigenvalue weighted by Crippen LogP contribution is -2.27. The summed E-state index contributed by atoms with van der Waals surface area (Å²) in [5.41, 5.74) is 0.109. The molecule has 11 nitrogen and oxygen atoms in total. The van der Waals surface area contributed by atoms with Crippen LogP contribution in [0.5, 0.6) is 5.75 Å². The molecule has 1 amide bonds. The number of ether oxygens (including phenoxy) is 1. The number of amides is 1. The molecule has 2 aromatic rings. The summed E-state index contributed by atoms with van der Waals surface area (Å²) in [6.45, 7) is 3.30. The first-order valence-electron chi connectivity index (χ1n) is 7.62. The Morgan fingerprint density at radius 3 is 2.50 bits per heavy atom. The van der Waals surface area contributed by atoms with Gasteiger partial charge in [-0.05, 0) is 30.4 Å². The van der Waals surface area contributed by atoms with Gasteiger partial charge in [0.25, 0.3) is 11.6 Å². The molecule has 1 heterocycles. The van der Waals surface area contributed by atoms with E-state index in [0.717, 1.165) is 0 Å². The van der Waals surface area contributed by atoms with Gasteiger partial charge < -0.3 is 20.2 Å². The molecule has 0 bridgehead atoms. The molecule has 0 fully saturated rings. The minimum Gasteiger partial charge on any atom is -0.496 e. The van der Waals surface area contributed by atoms with E-state index in [2.05, 4.69) is 10.4 Å².